The average Bonchev–Trinajstić information content (AvgIpc) is 2.53. The summed E-state index contributed by atoms with van der Waals surface area (Å²) in [6.07, 6.45) is 4.07. The molecule has 0 unspecified atom stereocenters. The van der Waals surface area contributed by atoms with Gasteiger partial charge in [-0.3, -0.25) is 14.4 Å². The van der Waals surface area contributed by atoms with Crippen LogP contribution in [-0.4, -0.2) is 42.6 Å². The normalized spacial score (nSPS) is 11.5. The van der Waals surface area contributed by atoms with E-state index in [2.05, 4.69) is 47.3 Å². The first kappa shape index (κ1) is 29.2. The molecular weight excluding hydrogens is 444 g/mol. The number of ether oxygens (including phenoxy) is 1. The molecule has 8 nitrogen and oxygen atoms in total. The molecule has 0 aliphatic carbocycles. The number of rotatable bonds is 9. The van der Waals surface area contributed by atoms with Crippen LogP contribution in [0, 0.1) is 5.41 Å². The highest BCUT2D eigenvalue weighted by atomic mass is 79.9. The molecule has 0 radical (unpaired) electrons. The molecular formula is C20H33BrN2O6. The molecule has 0 heterocycles. The first-order valence-electron chi connectivity index (χ1n) is 9.36. The zero-order chi connectivity index (χ0) is 23.1. The van der Waals surface area contributed by atoms with Gasteiger partial charge in [0.05, 0.1) is 4.48 Å². The van der Waals surface area contributed by atoms with Gasteiger partial charge in [-0.1, -0.05) is 20.8 Å². The van der Waals surface area contributed by atoms with Crippen LogP contribution < -0.4 is 10.6 Å². The summed E-state index contributed by atoms with van der Waals surface area (Å²) in [6, 6.07) is 0. The van der Waals surface area contributed by atoms with Gasteiger partial charge in [-0.05, 0) is 61.4 Å². The van der Waals surface area contributed by atoms with Crippen molar-refractivity contribution in [3.8, 4) is 0 Å². The number of halogens is 1. The lowest BCUT2D eigenvalue weighted by atomic mass is 9.91. The zero-order valence-corrected chi connectivity index (χ0v) is 19.7. The van der Waals surface area contributed by atoms with E-state index < -0.39 is 5.60 Å². The zero-order valence-electron chi connectivity index (χ0n) is 18.1. The van der Waals surface area contributed by atoms with E-state index in [4.69, 9.17) is 14.3 Å². The third-order valence-corrected chi connectivity index (χ3v) is 3.73. The van der Waals surface area contributed by atoms with Crippen molar-refractivity contribution in [3.63, 3.8) is 0 Å². The van der Waals surface area contributed by atoms with Gasteiger partial charge in [0, 0.05) is 25.6 Å². The Labute approximate surface area is 181 Å². The minimum absolute atomic E-state index is 0.156. The number of hydrogen-bond acceptors (Lipinski definition) is 6. The van der Waals surface area contributed by atoms with Gasteiger partial charge < -0.3 is 15.4 Å². The first-order chi connectivity index (χ1) is 13.2. The third-order valence-electron chi connectivity index (χ3n) is 3.14. The molecule has 0 aliphatic heterocycles. The highest BCUT2D eigenvalue weighted by Gasteiger charge is 2.16. The van der Waals surface area contributed by atoms with E-state index in [-0.39, 0.29) is 40.3 Å². The molecule has 0 saturated carbocycles. The van der Waals surface area contributed by atoms with Crippen LogP contribution in [0.5, 0.6) is 0 Å². The van der Waals surface area contributed by atoms with E-state index in [0.29, 0.717) is 19.5 Å². The Kier molecular flexibility index (Phi) is 15.0. The molecule has 9 heteroatoms. The van der Waals surface area contributed by atoms with Crippen LogP contribution in [0.2, 0.25) is 0 Å². The summed E-state index contributed by atoms with van der Waals surface area (Å²) in [5.41, 5.74) is -0.271. The number of nitrogens with one attached hydrogen (secondary N) is 2. The molecule has 166 valence electrons. The van der Waals surface area contributed by atoms with Crippen molar-refractivity contribution in [2.45, 2.75) is 72.8 Å². The predicted octanol–water partition coefficient (Wildman–Crippen LogP) is 2.86. The van der Waals surface area contributed by atoms with Crippen LogP contribution in [0.15, 0.2) is 10.6 Å². The molecule has 0 saturated heterocycles. The molecule has 0 aromatic rings. The van der Waals surface area contributed by atoms with Crippen LogP contribution in [0.4, 0.5) is 0 Å². The van der Waals surface area contributed by atoms with Crippen molar-refractivity contribution in [2.75, 3.05) is 13.1 Å². The van der Waals surface area contributed by atoms with Crippen LogP contribution in [0.1, 0.15) is 67.2 Å². The topological polar surface area (TPSA) is 119 Å². The SMILES string of the molecule is CC(C)(C)CCCNC(=O)/C=C(\Br)C(=O)NCCCC(=O)OC(C)(C)C.O=C=O. The van der Waals surface area contributed by atoms with Gasteiger partial charge in [-0.15, -0.1) is 0 Å². The van der Waals surface area contributed by atoms with Gasteiger partial charge in [0.25, 0.3) is 5.91 Å². The minimum atomic E-state index is -0.508. The van der Waals surface area contributed by atoms with E-state index in [0.717, 1.165) is 12.8 Å². The maximum Gasteiger partial charge on any atom is 0.373 e. The number of esters is 1. The second-order valence-electron chi connectivity index (χ2n) is 8.48. The summed E-state index contributed by atoms with van der Waals surface area (Å²) in [7, 11) is 0. The van der Waals surface area contributed by atoms with E-state index in [1.807, 2.05) is 20.8 Å². The third kappa shape index (κ3) is 22.2. The van der Waals surface area contributed by atoms with Crippen molar-refractivity contribution >= 4 is 39.9 Å². The van der Waals surface area contributed by atoms with Crippen LogP contribution in [-0.2, 0) is 28.7 Å². The lowest BCUT2D eigenvalue weighted by Gasteiger charge is -2.19. The van der Waals surface area contributed by atoms with Gasteiger partial charge in [0.1, 0.15) is 5.60 Å². The molecule has 2 N–H and O–H groups in total. The van der Waals surface area contributed by atoms with Crippen molar-refractivity contribution in [1.29, 1.82) is 0 Å². The van der Waals surface area contributed by atoms with Crippen LogP contribution >= 0.6 is 15.9 Å². The fourth-order valence-corrected chi connectivity index (χ4v) is 2.32. The number of amides is 2. The number of hydrogen-bond donors (Lipinski definition) is 2. The fourth-order valence-electron chi connectivity index (χ4n) is 1.97. The van der Waals surface area contributed by atoms with Crippen molar-refractivity contribution < 1.29 is 28.7 Å². The molecule has 0 atom stereocenters. The average molecular weight is 477 g/mol. The molecule has 0 rings (SSSR count). The minimum Gasteiger partial charge on any atom is -0.460 e. The number of carbonyl (C=O) groups is 3. The first-order valence-corrected chi connectivity index (χ1v) is 10.2. The van der Waals surface area contributed by atoms with Crippen LogP contribution in [0.3, 0.4) is 0 Å². The van der Waals surface area contributed by atoms with E-state index in [9.17, 15) is 14.4 Å². The Morgan fingerprint density at radius 3 is 1.97 bits per heavy atom. The Hall–Kier alpha value is -1.99. The highest BCUT2D eigenvalue weighted by Crippen LogP contribution is 2.19. The Morgan fingerprint density at radius 1 is 0.966 bits per heavy atom. The van der Waals surface area contributed by atoms with Gasteiger partial charge in [0.15, 0.2) is 0 Å². The summed E-state index contributed by atoms with van der Waals surface area (Å²) in [5, 5.41) is 5.41. The largest absolute Gasteiger partial charge is 0.460 e. The quantitative estimate of drug-likeness (QED) is 0.300. The highest BCUT2D eigenvalue weighted by molar-refractivity contribution is 9.12. The summed E-state index contributed by atoms with van der Waals surface area (Å²) in [4.78, 5) is 51.5. The van der Waals surface area contributed by atoms with Crippen LogP contribution in [0.25, 0.3) is 0 Å². The standard InChI is InChI=1S/C19H33BrN2O4.CO2/c1-18(2,3)10-8-12-21-15(23)13-14(20)17(25)22-11-7-9-16(24)26-19(4,5)6;2-1-3/h13H,7-12H2,1-6H3,(H,21,23)(H,22,25);/b14-13-;. The molecule has 0 aromatic heterocycles. The van der Waals surface area contributed by atoms with Crippen molar-refractivity contribution in [1.82, 2.24) is 10.6 Å². The predicted molar refractivity (Wildman–Crippen MR) is 112 cm³/mol. The molecule has 2 amide bonds. The summed E-state index contributed by atoms with van der Waals surface area (Å²) in [5.74, 6) is -0.996. The van der Waals surface area contributed by atoms with E-state index in [1.165, 1.54) is 6.08 Å². The Bertz CT molecular complexity index is 597. The van der Waals surface area contributed by atoms with Gasteiger partial charge in [-0.2, -0.15) is 9.59 Å². The monoisotopic (exact) mass is 476 g/mol. The summed E-state index contributed by atoms with van der Waals surface area (Å²) in [6.45, 7) is 12.8. The number of carbonyl (C=O) groups excluding carboxylic acids is 5. The molecule has 29 heavy (non-hydrogen) atoms. The summed E-state index contributed by atoms with van der Waals surface area (Å²) < 4.78 is 5.34. The maximum absolute atomic E-state index is 11.9. The Morgan fingerprint density at radius 2 is 1.48 bits per heavy atom. The van der Waals surface area contributed by atoms with Crippen molar-refractivity contribution in [2.24, 2.45) is 5.41 Å². The maximum atomic E-state index is 11.9. The lowest BCUT2D eigenvalue weighted by molar-refractivity contribution is -0.191. The second kappa shape index (κ2) is 14.9. The second-order valence-corrected chi connectivity index (χ2v) is 9.33. The molecule has 0 fully saturated rings. The molecule has 0 aromatic carbocycles. The van der Waals surface area contributed by atoms with Gasteiger partial charge >= 0.3 is 12.1 Å². The molecule has 0 spiro atoms. The van der Waals surface area contributed by atoms with Crippen molar-refractivity contribution in [3.05, 3.63) is 10.6 Å². The van der Waals surface area contributed by atoms with Gasteiger partial charge in [0.2, 0.25) is 5.91 Å². The lowest BCUT2D eigenvalue weighted by Crippen LogP contribution is -2.28. The molecule has 0 bridgehead atoms. The van der Waals surface area contributed by atoms with E-state index >= 15 is 0 Å². The fraction of sp³-hybridized carbons (Fsp3) is 0.700. The summed E-state index contributed by atoms with van der Waals surface area (Å²) >= 11 is 3.10. The molecule has 0 aliphatic rings. The van der Waals surface area contributed by atoms with E-state index in [1.54, 1.807) is 0 Å². The Balaban J connectivity index is 0. The smallest absolute Gasteiger partial charge is 0.373 e. The van der Waals surface area contributed by atoms with Gasteiger partial charge in [-0.25, -0.2) is 0 Å².